The maximum Gasteiger partial charge on any atom is 0.270 e. The van der Waals surface area contributed by atoms with E-state index in [0.29, 0.717) is 11.5 Å². The van der Waals surface area contributed by atoms with Crippen LogP contribution in [0.1, 0.15) is 24.0 Å². The number of likely N-dealkylation sites (tertiary alicyclic amines) is 1. The minimum absolute atomic E-state index is 0.0290. The Morgan fingerprint density at radius 1 is 1.12 bits per heavy atom. The van der Waals surface area contributed by atoms with Gasteiger partial charge in [0.2, 0.25) is 5.91 Å². The van der Waals surface area contributed by atoms with E-state index in [1.807, 2.05) is 11.0 Å². The summed E-state index contributed by atoms with van der Waals surface area (Å²) in [5.74, 6) is 0.580. The van der Waals surface area contributed by atoms with Crippen molar-refractivity contribution in [3.63, 3.8) is 0 Å². The minimum Gasteiger partial charge on any atom is -0.339 e. The molecule has 5 heteroatoms. The van der Waals surface area contributed by atoms with E-state index in [0.717, 1.165) is 32.4 Å². The number of nitro benzene ring substituents is 1. The summed E-state index contributed by atoms with van der Waals surface area (Å²) in [4.78, 5) is 24.6. The van der Waals surface area contributed by atoms with E-state index in [4.69, 9.17) is 0 Å². The van der Waals surface area contributed by atoms with Gasteiger partial charge in [0.15, 0.2) is 0 Å². The predicted octanol–water partition coefficient (Wildman–Crippen LogP) is 4.09. The number of hydrogen-bond acceptors (Lipinski definition) is 3. The first kappa shape index (κ1) is 17.9. The van der Waals surface area contributed by atoms with Crippen molar-refractivity contribution < 1.29 is 9.72 Å². The van der Waals surface area contributed by atoms with Gasteiger partial charge in [0.25, 0.3) is 5.69 Å². The second-order valence-corrected chi connectivity index (χ2v) is 6.64. The highest BCUT2D eigenvalue weighted by Gasteiger charge is 2.21. The van der Waals surface area contributed by atoms with Gasteiger partial charge in [-0.25, -0.2) is 0 Å². The smallest absolute Gasteiger partial charge is 0.270 e. The van der Waals surface area contributed by atoms with Crippen molar-refractivity contribution in [3.8, 4) is 0 Å². The molecule has 0 radical (unpaired) electrons. The Balaban J connectivity index is 1.52. The summed E-state index contributed by atoms with van der Waals surface area (Å²) < 4.78 is 0. The maximum absolute atomic E-state index is 12.4. The molecule has 5 nitrogen and oxygen atoms in total. The Morgan fingerprint density at radius 3 is 2.54 bits per heavy atom. The molecule has 0 aromatic heterocycles. The van der Waals surface area contributed by atoms with Crippen LogP contribution in [0.5, 0.6) is 0 Å². The van der Waals surface area contributed by atoms with Gasteiger partial charge in [-0.2, -0.15) is 0 Å². The van der Waals surface area contributed by atoms with E-state index in [2.05, 4.69) is 24.3 Å². The summed E-state index contributed by atoms with van der Waals surface area (Å²) >= 11 is 0. The molecule has 0 saturated carbocycles. The Bertz CT molecular complexity index is 794. The molecule has 1 heterocycles. The lowest BCUT2D eigenvalue weighted by atomic mass is 9.90. The molecule has 0 unspecified atom stereocenters. The number of carbonyl (C=O) groups is 1. The van der Waals surface area contributed by atoms with Gasteiger partial charge in [0, 0.05) is 31.3 Å². The lowest BCUT2D eigenvalue weighted by Crippen LogP contribution is -2.37. The number of rotatable bonds is 5. The fourth-order valence-corrected chi connectivity index (χ4v) is 3.32. The maximum atomic E-state index is 12.4. The normalized spacial score (nSPS) is 15.3. The van der Waals surface area contributed by atoms with Gasteiger partial charge < -0.3 is 4.90 Å². The highest BCUT2D eigenvalue weighted by atomic mass is 16.6. The Labute approximate surface area is 153 Å². The second-order valence-electron chi connectivity index (χ2n) is 6.64. The van der Waals surface area contributed by atoms with Gasteiger partial charge in [0.05, 0.1) is 4.92 Å². The summed E-state index contributed by atoms with van der Waals surface area (Å²) in [5.41, 5.74) is 2.04. The number of hydrogen-bond donors (Lipinski definition) is 0. The molecule has 0 bridgehead atoms. The molecule has 134 valence electrons. The minimum atomic E-state index is -0.434. The van der Waals surface area contributed by atoms with E-state index in [9.17, 15) is 14.9 Å². The number of non-ortho nitro benzene ring substituents is 1. The van der Waals surface area contributed by atoms with Crippen LogP contribution in [0, 0.1) is 16.0 Å². The number of piperidine rings is 1. The van der Waals surface area contributed by atoms with Gasteiger partial charge in [-0.15, -0.1) is 0 Å². The summed E-state index contributed by atoms with van der Waals surface area (Å²) in [5, 5.41) is 10.8. The molecular formula is C21H22N2O3. The summed E-state index contributed by atoms with van der Waals surface area (Å²) in [6.07, 6.45) is 6.23. The van der Waals surface area contributed by atoms with Crippen molar-refractivity contribution in [1.29, 1.82) is 0 Å². The Morgan fingerprint density at radius 2 is 1.85 bits per heavy atom. The van der Waals surface area contributed by atoms with Crippen LogP contribution in [0.15, 0.2) is 60.7 Å². The van der Waals surface area contributed by atoms with Gasteiger partial charge in [-0.1, -0.05) is 42.5 Å². The molecule has 3 rings (SSSR count). The zero-order valence-corrected chi connectivity index (χ0v) is 14.6. The average molecular weight is 350 g/mol. The van der Waals surface area contributed by atoms with E-state index >= 15 is 0 Å². The SMILES string of the molecule is O=C(/C=C/c1cccc([N+](=O)[O-])c1)N1CCC(Cc2ccccc2)CC1. The molecular weight excluding hydrogens is 328 g/mol. The third-order valence-corrected chi connectivity index (χ3v) is 4.79. The lowest BCUT2D eigenvalue weighted by Gasteiger charge is -2.31. The summed E-state index contributed by atoms with van der Waals surface area (Å²) in [6.45, 7) is 1.52. The van der Waals surface area contributed by atoms with Crippen LogP contribution < -0.4 is 0 Å². The van der Waals surface area contributed by atoms with Gasteiger partial charge in [0.1, 0.15) is 0 Å². The first-order valence-electron chi connectivity index (χ1n) is 8.87. The number of carbonyl (C=O) groups excluding carboxylic acids is 1. The highest BCUT2D eigenvalue weighted by Crippen LogP contribution is 2.22. The molecule has 2 aromatic rings. The zero-order valence-electron chi connectivity index (χ0n) is 14.6. The highest BCUT2D eigenvalue weighted by molar-refractivity contribution is 5.91. The van der Waals surface area contributed by atoms with Crippen LogP contribution in [0.4, 0.5) is 5.69 Å². The Kier molecular flexibility index (Phi) is 5.79. The van der Waals surface area contributed by atoms with Gasteiger partial charge >= 0.3 is 0 Å². The molecule has 1 amide bonds. The van der Waals surface area contributed by atoms with E-state index in [1.165, 1.54) is 23.8 Å². The van der Waals surface area contributed by atoms with Crippen molar-refractivity contribution in [2.75, 3.05) is 13.1 Å². The molecule has 0 N–H and O–H groups in total. The summed E-state index contributed by atoms with van der Waals surface area (Å²) in [7, 11) is 0. The number of nitro groups is 1. The molecule has 0 aliphatic carbocycles. The lowest BCUT2D eigenvalue weighted by molar-refractivity contribution is -0.384. The fourth-order valence-electron chi connectivity index (χ4n) is 3.32. The van der Waals surface area contributed by atoms with Crippen LogP contribution in [-0.4, -0.2) is 28.8 Å². The van der Waals surface area contributed by atoms with Crippen LogP contribution >= 0.6 is 0 Å². The number of nitrogens with zero attached hydrogens (tertiary/aromatic N) is 2. The standard InChI is InChI=1S/C21H22N2O3/c24-21(10-9-18-7-4-8-20(16-18)23(25)26)22-13-11-19(12-14-22)15-17-5-2-1-3-6-17/h1-10,16,19H,11-15H2/b10-9+. The van der Waals surface area contributed by atoms with Crippen LogP contribution in [0.3, 0.4) is 0 Å². The topological polar surface area (TPSA) is 63.4 Å². The third-order valence-electron chi connectivity index (χ3n) is 4.79. The van der Waals surface area contributed by atoms with E-state index in [-0.39, 0.29) is 11.6 Å². The monoisotopic (exact) mass is 350 g/mol. The van der Waals surface area contributed by atoms with E-state index < -0.39 is 4.92 Å². The van der Waals surface area contributed by atoms with Crippen molar-refractivity contribution in [2.45, 2.75) is 19.3 Å². The second kappa shape index (κ2) is 8.43. The van der Waals surface area contributed by atoms with Crippen molar-refractivity contribution >= 4 is 17.7 Å². The summed E-state index contributed by atoms with van der Waals surface area (Å²) in [6, 6.07) is 16.7. The fraction of sp³-hybridized carbons (Fsp3) is 0.286. The molecule has 1 aliphatic heterocycles. The van der Waals surface area contributed by atoms with E-state index in [1.54, 1.807) is 18.2 Å². The quantitative estimate of drug-likeness (QED) is 0.463. The molecule has 1 aliphatic rings. The van der Waals surface area contributed by atoms with Crippen LogP contribution in [0.25, 0.3) is 6.08 Å². The van der Waals surface area contributed by atoms with Crippen molar-refractivity contribution in [3.05, 3.63) is 81.9 Å². The molecule has 1 saturated heterocycles. The molecule has 26 heavy (non-hydrogen) atoms. The largest absolute Gasteiger partial charge is 0.339 e. The first-order chi connectivity index (χ1) is 12.6. The molecule has 0 spiro atoms. The predicted molar refractivity (Wildman–Crippen MR) is 102 cm³/mol. The number of benzene rings is 2. The first-order valence-corrected chi connectivity index (χ1v) is 8.87. The van der Waals surface area contributed by atoms with Crippen molar-refractivity contribution in [1.82, 2.24) is 4.90 Å². The molecule has 2 aromatic carbocycles. The van der Waals surface area contributed by atoms with Gasteiger partial charge in [-0.3, -0.25) is 14.9 Å². The van der Waals surface area contributed by atoms with Crippen molar-refractivity contribution in [2.24, 2.45) is 5.92 Å². The van der Waals surface area contributed by atoms with Crippen LogP contribution in [0.2, 0.25) is 0 Å². The molecule has 1 fully saturated rings. The average Bonchev–Trinajstić information content (AvgIpc) is 2.68. The number of amides is 1. The third kappa shape index (κ3) is 4.79. The van der Waals surface area contributed by atoms with Gasteiger partial charge in [-0.05, 0) is 42.4 Å². The Hall–Kier alpha value is -2.95. The zero-order chi connectivity index (χ0) is 18.4. The van der Waals surface area contributed by atoms with Crippen LogP contribution in [-0.2, 0) is 11.2 Å². The molecule has 0 atom stereocenters.